The molecule has 0 saturated heterocycles. The summed E-state index contributed by atoms with van der Waals surface area (Å²) in [4.78, 5) is 9.40. The predicted molar refractivity (Wildman–Crippen MR) is 28.9 cm³/mol. The van der Waals surface area contributed by atoms with E-state index in [-0.39, 0.29) is 51.4 Å². The first-order valence-electron chi connectivity index (χ1n) is 2.62. The molecular weight excluding hydrogens is 271 g/mol. The van der Waals surface area contributed by atoms with E-state index >= 15 is 0 Å². The van der Waals surface area contributed by atoms with Crippen LogP contribution in [0.5, 0.6) is 0 Å². The zero-order valence-electron chi connectivity index (χ0n) is 6.84. The Balaban J connectivity index is 0. The number of alkyl halides is 7. The summed E-state index contributed by atoms with van der Waals surface area (Å²) in [5.74, 6) is -6.01. The summed E-state index contributed by atoms with van der Waals surface area (Å²) >= 11 is 0. The SMILES string of the molecule is O=C(F)C(F)(OC(F)(F)F)C(F)(F)F.[K]. The van der Waals surface area contributed by atoms with Gasteiger partial charge in [-0.2, -0.15) is 22.0 Å². The van der Waals surface area contributed by atoms with E-state index in [1.165, 1.54) is 0 Å². The van der Waals surface area contributed by atoms with Gasteiger partial charge in [0.25, 0.3) is 0 Å². The number of ether oxygens (including phenoxy) is 1. The van der Waals surface area contributed by atoms with Gasteiger partial charge in [-0.15, -0.1) is 13.2 Å². The third-order valence-corrected chi connectivity index (χ3v) is 0.874. The topological polar surface area (TPSA) is 26.3 Å². The van der Waals surface area contributed by atoms with Crippen molar-refractivity contribution >= 4 is 57.4 Å². The van der Waals surface area contributed by atoms with Gasteiger partial charge in [0, 0.05) is 51.4 Å². The van der Waals surface area contributed by atoms with Gasteiger partial charge in [-0.1, -0.05) is 0 Å². The second-order valence-electron chi connectivity index (χ2n) is 1.91. The molecule has 0 heterocycles. The molecule has 0 aromatic heterocycles. The van der Waals surface area contributed by atoms with E-state index in [1.807, 2.05) is 0 Å². The van der Waals surface area contributed by atoms with Crippen LogP contribution in [0.25, 0.3) is 0 Å². The summed E-state index contributed by atoms with van der Waals surface area (Å²) in [6.45, 7) is 0. The zero-order valence-corrected chi connectivity index (χ0v) is 9.96. The van der Waals surface area contributed by atoms with Crippen molar-refractivity contribution in [2.75, 3.05) is 0 Å². The molecule has 0 rings (SSSR count). The minimum atomic E-state index is -6.45. The fraction of sp³-hybridized carbons (Fsp3) is 0.750. The molecule has 0 spiro atoms. The van der Waals surface area contributed by atoms with Crippen LogP contribution in [0.4, 0.5) is 35.1 Å². The molecule has 0 N–H and O–H groups in total. The Morgan fingerprint density at radius 2 is 1.27 bits per heavy atom. The van der Waals surface area contributed by atoms with Crippen molar-refractivity contribution in [3.05, 3.63) is 0 Å². The molecule has 85 valence electrons. The van der Waals surface area contributed by atoms with Gasteiger partial charge < -0.3 is 0 Å². The molecule has 1 atom stereocenters. The van der Waals surface area contributed by atoms with Crippen molar-refractivity contribution in [2.24, 2.45) is 0 Å². The number of carbonyl (C=O) groups excluding carboxylic acids is 1. The molecule has 1 radical (unpaired) electrons. The molecule has 0 amide bonds. The van der Waals surface area contributed by atoms with Crippen molar-refractivity contribution < 1.29 is 44.7 Å². The van der Waals surface area contributed by atoms with Gasteiger partial charge in [0.1, 0.15) is 0 Å². The Labute approximate surface area is 119 Å². The van der Waals surface area contributed by atoms with E-state index in [1.54, 1.807) is 4.74 Å². The number of halogens is 8. The summed E-state index contributed by atoms with van der Waals surface area (Å²) in [5, 5.41) is 0. The second-order valence-corrected chi connectivity index (χ2v) is 1.91. The average Bonchev–Trinajstić information content (AvgIpc) is 1.79. The third-order valence-electron chi connectivity index (χ3n) is 0.874. The van der Waals surface area contributed by atoms with Gasteiger partial charge in [-0.3, -0.25) is 4.79 Å². The number of carbonyl (C=O) groups is 1. The molecule has 0 fully saturated rings. The Kier molecular flexibility index (Phi) is 6.46. The largest absolute Gasteiger partial charge is 0.525 e. The van der Waals surface area contributed by atoms with Crippen LogP contribution in [0.2, 0.25) is 0 Å². The Morgan fingerprint density at radius 3 is 1.33 bits per heavy atom. The fourth-order valence-electron chi connectivity index (χ4n) is 0.369. The summed E-state index contributed by atoms with van der Waals surface area (Å²) in [7, 11) is 0. The van der Waals surface area contributed by atoms with Crippen molar-refractivity contribution in [2.45, 2.75) is 18.4 Å². The number of hydrogen-bond donors (Lipinski definition) is 0. The first-order chi connectivity index (χ1) is 5.90. The van der Waals surface area contributed by atoms with Crippen LogP contribution in [-0.2, 0) is 9.53 Å². The summed E-state index contributed by atoms with van der Waals surface area (Å²) < 4.78 is 93.0. The first-order valence-corrected chi connectivity index (χ1v) is 2.62. The fourth-order valence-corrected chi connectivity index (χ4v) is 0.369. The van der Waals surface area contributed by atoms with Crippen LogP contribution < -0.4 is 0 Å². The molecule has 2 nitrogen and oxygen atoms in total. The number of hydrogen-bond acceptors (Lipinski definition) is 2. The molecule has 0 aromatic carbocycles. The second kappa shape index (κ2) is 5.36. The van der Waals surface area contributed by atoms with Crippen molar-refractivity contribution in [1.82, 2.24) is 0 Å². The quantitative estimate of drug-likeness (QED) is 0.435. The van der Waals surface area contributed by atoms with Crippen LogP contribution >= 0.6 is 0 Å². The van der Waals surface area contributed by atoms with Crippen LogP contribution in [0.15, 0.2) is 0 Å². The van der Waals surface area contributed by atoms with Gasteiger partial charge in [0.15, 0.2) is 0 Å². The van der Waals surface area contributed by atoms with Crippen LogP contribution in [0, 0.1) is 0 Å². The summed E-state index contributed by atoms with van der Waals surface area (Å²) in [5.41, 5.74) is 0. The molecule has 0 saturated carbocycles. The van der Waals surface area contributed by atoms with E-state index in [9.17, 15) is 39.9 Å². The van der Waals surface area contributed by atoms with Crippen molar-refractivity contribution in [3.8, 4) is 0 Å². The molecule has 1 unspecified atom stereocenters. The molecular formula is C4F8KO2. The maximum absolute atomic E-state index is 12.1. The third kappa shape index (κ3) is 5.04. The van der Waals surface area contributed by atoms with Crippen molar-refractivity contribution in [3.63, 3.8) is 0 Å². The van der Waals surface area contributed by atoms with Crippen LogP contribution in [0.3, 0.4) is 0 Å². The predicted octanol–water partition coefficient (Wildman–Crippen LogP) is 1.87. The molecule has 0 bridgehead atoms. The normalized spacial score (nSPS) is 16.5. The minimum Gasteiger partial charge on any atom is -0.254 e. The molecule has 11 heteroatoms. The zero-order chi connectivity index (χ0) is 11.8. The van der Waals surface area contributed by atoms with E-state index < -0.39 is 24.4 Å². The first kappa shape index (κ1) is 18.1. The Hall–Kier alpha value is 0.706. The van der Waals surface area contributed by atoms with Crippen molar-refractivity contribution in [1.29, 1.82) is 0 Å². The van der Waals surface area contributed by atoms with Gasteiger partial charge in [0.05, 0.1) is 0 Å². The maximum atomic E-state index is 12.1. The molecule has 0 aliphatic rings. The van der Waals surface area contributed by atoms with Gasteiger partial charge >= 0.3 is 24.4 Å². The van der Waals surface area contributed by atoms with Gasteiger partial charge in [-0.25, -0.2) is 4.74 Å². The Bertz CT molecular complexity index is 234. The average molecular weight is 271 g/mol. The standard InChI is InChI=1S/C4F8O2.K/c5-1(13)2(6,3(7,8)9)14-4(10,11)12;. The minimum absolute atomic E-state index is 0. The van der Waals surface area contributed by atoms with Gasteiger partial charge in [-0.05, 0) is 0 Å². The van der Waals surface area contributed by atoms with E-state index in [0.717, 1.165) is 0 Å². The molecule has 0 aliphatic heterocycles. The van der Waals surface area contributed by atoms with E-state index in [2.05, 4.69) is 0 Å². The molecule has 0 aromatic rings. The monoisotopic (exact) mass is 271 g/mol. The smallest absolute Gasteiger partial charge is 0.254 e. The van der Waals surface area contributed by atoms with Gasteiger partial charge in [0.2, 0.25) is 0 Å². The number of rotatable bonds is 2. The maximum Gasteiger partial charge on any atom is 0.525 e. The molecule has 0 aliphatic carbocycles. The summed E-state index contributed by atoms with van der Waals surface area (Å²) in [6, 6.07) is -3.93. The van der Waals surface area contributed by atoms with E-state index in [0.29, 0.717) is 0 Å². The molecule has 15 heavy (non-hydrogen) atoms. The van der Waals surface area contributed by atoms with Crippen LogP contribution in [0.1, 0.15) is 0 Å². The van der Waals surface area contributed by atoms with E-state index in [4.69, 9.17) is 0 Å². The van der Waals surface area contributed by atoms with Crippen LogP contribution in [-0.4, -0.2) is 75.8 Å². The Morgan fingerprint density at radius 1 is 0.933 bits per heavy atom. The summed E-state index contributed by atoms with van der Waals surface area (Å²) in [6.07, 6.45) is -12.6.